The summed E-state index contributed by atoms with van der Waals surface area (Å²) in [6.45, 7) is 6.17. The topological polar surface area (TPSA) is 60.4 Å². The van der Waals surface area contributed by atoms with Gasteiger partial charge in [-0.1, -0.05) is 11.6 Å². The Kier molecular flexibility index (Phi) is 5.67. The fourth-order valence-electron chi connectivity index (χ4n) is 2.95. The van der Waals surface area contributed by atoms with Crippen LogP contribution in [0.15, 0.2) is 47.5 Å². The molecule has 27 heavy (non-hydrogen) atoms. The minimum atomic E-state index is -0.508. The van der Waals surface area contributed by atoms with Crippen molar-refractivity contribution >= 4 is 51.8 Å². The molecule has 0 amide bonds. The number of aromatic nitrogens is 1. The molecule has 1 heterocycles. The smallest absolute Gasteiger partial charge is 0.290 e. The van der Waals surface area contributed by atoms with Gasteiger partial charge in [-0.25, -0.2) is 0 Å². The lowest BCUT2D eigenvalue weighted by atomic mass is 10.2. The average Bonchev–Trinajstić information content (AvgIpc) is 2.90. The fourth-order valence-corrected chi connectivity index (χ4v) is 3.47. The zero-order chi connectivity index (χ0) is 19.7. The number of nitro groups is 1. The third-order valence-corrected chi connectivity index (χ3v) is 5.88. The highest BCUT2D eigenvalue weighted by molar-refractivity contribution is 14.1. The number of rotatable bonds is 4. The van der Waals surface area contributed by atoms with E-state index in [4.69, 9.17) is 11.6 Å². The van der Waals surface area contributed by atoms with Crippen LogP contribution in [0.25, 0.3) is 5.69 Å². The van der Waals surface area contributed by atoms with Gasteiger partial charge in [-0.05, 0) is 85.3 Å². The molecule has 3 rings (SSSR count). The predicted octanol–water partition coefficient (Wildman–Crippen LogP) is 6.32. The van der Waals surface area contributed by atoms with Gasteiger partial charge in [0, 0.05) is 38.5 Å². The van der Waals surface area contributed by atoms with Gasteiger partial charge in [0.1, 0.15) is 5.02 Å². The highest BCUT2D eigenvalue weighted by Crippen LogP contribution is 2.29. The second-order valence-electron chi connectivity index (χ2n) is 6.25. The summed E-state index contributed by atoms with van der Waals surface area (Å²) in [6, 6.07) is 12.9. The molecule has 3 aromatic rings. The number of aliphatic imine (C=N–C) groups is 1. The first kappa shape index (κ1) is 19.6. The van der Waals surface area contributed by atoms with Gasteiger partial charge in [0.15, 0.2) is 0 Å². The van der Waals surface area contributed by atoms with Crippen LogP contribution in [0.5, 0.6) is 0 Å². The molecule has 2 aromatic carbocycles. The Morgan fingerprint density at radius 2 is 1.89 bits per heavy atom. The molecule has 0 unspecified atom stereocenters. The van der Waals surface area contributed by atoms with Crippen molar-refractivity contribution in [3.63, 3.8) is 0 Å². The van der Waals surface area contributed by atoms with Crippen molar-refractivity contribution in [2.75, 3.05) is 0 Å². The van der Waals surface area contributed by atoms with Crippen LogP contribution in [0, 0.1) is 34.5 Å². The Labute approximate surface area is 176 Å². The van der Waals surface area contributed by atoms with E-state index in [1.807, 2.05) is 13.8 Å². The molecule has 5 nitrogen and oxygen atoms in total. The van der Waals surface area contributed by atoms with Gasteiger partial charge < -0.3 is 4.57 Å². The van der Waals surface area contributed by atoms with E-state index in [2.05, 4.69) is 63.3 Å². The van der Waals surface area contributed by atoms with E-state index in [0.29, 0.717) is 5.69 Å². The van der Waals surface area contributed by atoms with E-state index >= 15 is 0 Å². The van der Waals surface area contributed by atoms with Gasteiger partial charge in [0.25, 0.3) is 5.69 Å². The van der Waals surface area contributed by atoms with Gasteiger partial charge in [0.2, 0.25) is 0 Å². The van der Waals surface area contributed by atoms with Crippen LogP contribution < -0.4 is 0 Å². The van der Waals surface area contributed by atoms with Crippen molar-refractivity contribution in [3.05, 3.63) is 83.7 Å². The SMILES string of the molecule is Cc1cc(-n2c(C)cc(C=Nc3ccc(Cl)c([N+](=O)[O-])c3)c2C)ccc1I. The fraction of sp³-hybridized carbons (Fsp3) is 0.150. The molecule has 0 N–H and O–H groups in total. The third kappa shape index (κ3) is 4.06. The Morgan fingerprint density at radius 3 is 2.56 bits per heavy atom. The quantitative estimate of drug-likeness (QED) is 0.185. The monoisotopic (exact) mass is 493 g/mol. The van der Waals surface area contributed by atoms with Crippen LogP contribution >= 0.6 is 34.2 Å². The van der Waals surface area contributed by atoms with Crippen LogP contribution in [0.3, 0.4) is 0 Å². The second kappa shape index (κ2) is 7.82. The predicted molar refractivity (Wildman–Crippen MR) is 118 cm³/mol. The van der Waals surface area contributed by atoms with Crippen molar-refractivity contribution in [1.82, 2.24) is 4.57 Å². The average molecular weight is 494 g/mol. The maximum absolute atomic E-state index is 11.0. The van der Waals surface area contributed by atoms with Crippen molar-refractivity contribution in [2.45, 2.75) is 20.8 Å². The molecular weight excluding hydrogens is 477 g/mol. The first-order chi connectivity index (χ1) is 12.8. The van der Waals surface area contributed by atoms with Crippen LogP contribution in [-0.2, 0) is 0 Å². The Hall–Kier alpha value is -2.19. The summed E-state index contributed by atoms with van der Waals surface area (Å²) >= 11 is 8.18. The van der Waals surface area contributed by atoms with Gasteiger partial charge in [0.05, 0.1) is 10.6 Å². The van der Waals surface area contributed by atoms with E-state index in [0.717, 1.165) is 22.6 Å². The highest BCUT2D eigenvalue weighted by atomic mass is 127. The minimum Gasteiger partial charge on any atom is -0.318 e. The molecule has 0 aliphatic rings. The van der Waals surface area contributed by atoms with Crippen molar-refractivity contribution in [3.8, 4) is 5.69 Å². The molecule has 0 saturated heterocycles. The molecule has 1 aromatic heterocycles. The molecule has 0 aliphatic carbocycles. The van der Waals surface area contributed by atoms with Gasteiger partial charge >= 0.3 is 0 Å². The lowest BCUT2D eigenvalue weighted by Gasteiger charge is -2.11. The normalized spacial score (nSPS) is 11.3. The van der Waals surface area contributed by atoms with E-state index < -0.39 is 4.92 Å². The largest absolute Gasteiger partial charge is 0.318 e. The number of benzene rings is 2. The van der Waals surface area contributed by atoms with Crippen molar-refractivity contribution < 1.29 is 4.92 Å². The van der Waals surface area contributed by atoms with Crippen LogP contribution in [0.2, 0.25) is 5.02 Å². The molecule has 0 atom stereocenters. The number of aryl methyl sites for hydroxylation is 2. The maximum Gasteiger partial charge on any atom is 0.290 e. The van der Waals surface area contributed by atoms with E-state index in [1.54, 1.807) is 12.3 Å². The lowest BCUT2D eigenvalue weighted by Crippen LogP contribution is -2.00. The molecule has 0 fully saturated rings. The molecule has 0 saturated carbocycles. The van der Waals surface area contributed by atoms with E-state index in [9.17, 15) is 10.1 Å². The van der Waals surface area contributed by atoms with Crippen LogP contribution in [-0.4, -0.2) is 15.7 Å². The molecule has 7 heteroatoms. The minimum absolute atomic E-state index is 0.103. The van der Waals surface area contributed by atoms with E-state index in [-0.39, 0.29) is 10.7 Å². The van der Waals surface area contributed by atoms with Crippen molar-refractivity contribution in [1.29, 1.82) is 0 Å². The summed E-state index contributed by atoms with van der Waals surface area (Å²) in [4.78, 5) is 14.9. The summed E-state index contributed by atoms with van der Waals surface area (Å²) in [5, 5.41) is 11.1. The summed E-state index contributed by atoms with van der Waals surface area (Å²) in [7, 11) is 0. The van der Waals surface area contributed by atoms with Crippen LogP contribution in [0.4, 0.5) is 11.4 Å². The zero-order valence-electron chi connectivity index (χ0n) is 15.0. The van der Waals surface area contributed by atoms with Gasteiger partial charge in [-0.15, -0.1) is 0 Å². The molecule has 0 spiro atoms. The lowest BCUT2D eigenvalue weighted by molar-refractivity contribution is -0.384. The number of halogens is 2. The van der Waals surface area contributed by atoms with Gasteiger partial charge in [-0.2, -0.15) is 0 Å². The summed E-state index contributed by atoms with van der Waals surface area (Å²) in [5.41, 5.74) is 5.78. The van der Waals surface area contributed by atoms with Crippen molar-refractivity contribution in [2.24, 2.45) is 4.99 Å². The standard InChI is InChI=1S/C20H17ClIN3O2/c1-12-8-17(5-7-19(12)22)24-13(2)9-15(14(24)3)11-23-16-4-6-18(21)20(10-16)25(26)27/h4-11H,1-3H3. The zero-order valence-corrected chi connectivity index (χ0v) is 17.9. The molecule has 138 valence electrons. The number of nitro benzene ring substituents is 1. The Bertz CT molecular complexity index is 1070. The first-order valence-electron chi connectivity index (χ1n) is 8.21. The van der Waals surface area contributed by atoms with E-state index in [1.165, 1.54) is 21.3 Å². The second-order valence-corrected chi connectivity index (χ2v) is 7.82. The van der Waals surface area contributed by atoms with Gasteiger partial charge in [-0.3, -0.25) is 15.1 Å². The third-order valence-electron chi connectivity index (χ3n) is 4.35. The Balaban J connectivity index is 1.97. The molecule has 0 aliphatic heterocycles. The molecule has 0 radical (unpaired) electrons. The molecular formula is C20H17ClIN3O2. The summed E-state index contributed by atoms with van der Waals surface area (Å²) in [6.07, 6.45) is 1.73. The summed E-state index contributed by atoms with van der Waals surface area (Å²) in [5.74, 6) is 0. The number of hydrogen-bond donors (Lipinski definition) is 0. The molecule has 0 bridgehead atoms. The first-order valence-corrected chi connectivity index (χ1v) is 9.67. The highest BCUT2D eigenvalue weighted by Gasteiger charge is 2.13. The maximum atomic E-state index is 11.0. The number of hydrogen-bond acceptors (Lipinski definition) is 3. The Morgan fingerprint density at radius 1 is 1.15 bits per heavy atom. The summed E-state index contributed by atoms with van der Waals surface area (Å²) < 4.78 is 3.40. The number of nitrogens with zero attached hydrogens (tertiary/aromatic N) is 3. The van der Waals surface area contributed by atoms with Crippen LogP contribution in [0.1, 0.15) is 22.5 Å².